The predicted molar refractivity (Wildman–Crippen MR) is 98.9 cm³/mol. The van der Waals surface area contributed by atoms with Crippen LogP contribution in [0.3, 0.4) is 0 Å². The van der Waals surface area contributed by atoms with Gasteiger partial charge in [-0.25, -0.2) is 8.42 Å². The Morgan fingerprint density at radius 2 is 1.44 bits per heavy atom. The van der Waals surface area contributed by atoms with E-state index in [1.807, 2.05) is 25.1 Å². The molecule has 3 aromatic carbocycles. The highest BCUT2D eigenvalue weighted by Crippen LogP contribution is 2.29. The number of aliphatic hydroxyl groups is 1. The second-order valence-corrected chi connectivity index (χ2v) is 7.50. The van der Waals surface area contributed by atoms with Gasteiger partial charge in [0, 0.05) is 5.56 Å². The average molecular weight is 353 g/mol. The molecule has 1 atom stereocenters. The molecular formula is C20H19NO3S. The maximum atomic E-state index is 12.6. The van der Waals surface area contributed by atoms with Gasteiger partial charge in [0.2, 0.25) is 0 Å². The SMILES string of the molecule is Cc1ccc(S(=O)(=O)Nc2ccccc2[C@H](O)c2ccccc2)cc1. The number of hydrogen-bond acceptors (Lipinski definition) is 3. The van der Waals surface area contributed by atoms with Crippen molar-refractivity contribution in [2.24, 2.45) is 0 Å². The van der Waals surface area contributed by atoms with Crippen LogP contribution in [-0.4, -0.2) is 13.5 Å². The first-order valence-electron chi connectivity index (χ1n) is 7.89. The quantitative estimate of drug-likeness (QED) is 0.731. The van der Waals surface area contributed by atoms with Crippen LogP contribution in [0.4, 0.5) is 5.69 Å². The van der Waals surface area contributed by atoms with Crippen molar-refractivity contribution in [3.8, 4) is 0 Å². The van der Waals surface area contributed by atoms with Gasteiger partial charge in [0.25, 0.3) is 10.0 Å². The Morgan fingerprint density at radius 1 is 0.840 bits per heavy atom. The van der Waals surface area contributed by atoms with E-state index in [-0.39, 0.29) is 4.90 Å². The molecule has 0 aliphatic carbocycles. The van der Waals surface area contributed by atoms with Crippen molar-refractivity contribution >= 4 is 15.7 Å². The van der Waals surface area contributed by atoms with E-state index in [1.165, 1.54) is 0 Å². The molecule has 0 aliphatic rings. The van der Waals surface area contributed by atoms with Crippen LogP contribution in [0.25, 0.3) is 0 Å². The van der Waals surface area contributed by atoms with E-state index in [4.69, 9.17) is 0 Å². The number of benzene rings is 3. The van der Waals surface area contributed by atoms with Crippen LogP contribution in [-0.2, 0) is 10.0 Å². The van der Waals surface area contributed by atoms with Crippen LogP contribution in [0.1, 0.15) is 22.8 Å². The van der Waals surface area contributed by atoms with Gasteiger partial charge >= 0.3 is 0 Å². The smallest absolute Gasteiger partial charge is 0.261 e. The summed E-state index contributed by atoms with van der Waals surface area (Å²) in [6.07, 6.45) is -0.918. The molecule has 5 heteroatoms. The van der Waals surface area contributed by atoms with E-state index in [0.29, 0.717) is 16.8 Å². The standard InChI is InChI=1S/C20H19NO3S/c1-15-11-13-17(14-12-15)25(23,24)21-19-10-6-5-9-18(19)20(22)16-7-3-2-4-8-16/h2-14,20-22H,1H3/t20-/m1/s1. The molecule has 0 saturated heterocycles. The molecule has 0 bridgehead atoms. The van der Waals surface area contributed by atoms with Gasteiger partial charge < -0.3 is 5.11 Å². The lowest BCUT2D eigenvalue weighted by molar-refractivity contribution is 0.221. The van der Waals surface area contributed by atoms with E-state index >= 15 is 0 Å². The van der Waals surface area contributed by atoms with Gasteiger partial charge in [-0.15, -0.1) is 0 Å². The number of para-hydroxylation sites is 1. The first-order chi connectivity index (χ1) is 12.0. The molecule has 0 amide bonds. The molecule has 2 N–H and O–H groups in total. The number of aryl methyl sites for hydroxylation is 1. The summed E-state index contributed by atoms with van der Waals surface area (Å²) in [6.45, 7) is 1.90. The minimum atomic E-state index is -3.73. The zero-order chi connectivity index (χ0) is 17.9. The Hall–Kier alpha value is -2.63. The fourth-order valence-electron chi connectivity index (χ4n) is 2.56. The highest BCUT2D eigenvalue weighted by atomic mass is 32.2. The third kappa shape index (κ3) is 3.90. The van der Waals surface area contributed by atoms with Crippen LogP contribution in [0, 0.1) is 6.92 Å². The van der Waals surface area contributed by atoms with Gasteiger partial charge in [0.15, 0.2) is 0 Å². The lowest BCUT2D eigenvalue weighted by Gasteiger charge is -2.17. The molecule has 0 fully saturated rings. The molecule has 0 unspecified atom stereocenters. The molecular weight excluding hydrogens is 334 g/mol. The van der Waals surface area contributed by atoms with Crippen molar-refractivity contribution in [2.45, 2.75) is 17.9 Å². The summed E-state index contributed by atoms with van der Waals surface area (Å²) in [7, 11) is -3.73. The Bertz CT molecular complexity index is 952. The van der Waals surface area contributed by atoms with Crippen LogP contribution < -0.4 is 4.72 Å². The third-order valence-corrected chi connectivity index (χ3v) is 5.33. The Kier molecular flexibility index (Phi) is 4.88. The maximum absolute atomic E-state index is 12.6. The molecule has 3 rings (SSSR count). The summed E-state index contributed by atoms with van der Waals surface area (Å²) in [5, 5.41) is 10.6. The van der Waals surface area contributed by atoms with Gasteiger partial charge in [-0.05, 0) is 30.7 Å². The van der Waals surface area contributed by atoms with Gasteiger partial charge in [0.1, 0.15) is 6.10 Å². The molecule has 0 spiro atoms. The van der Waals surface area contributed by atoms with Crippen LogP contribution >= 0.6 is 0 Å². The first-order valence-corrected chi connectivity index (χ1v) is 9.37. The van der Waals surface area contributed by atoms with Gasteiger partial charge in [-0.3, -0.25) is 4.72 Å². The summed E-state index contributed by atoms with van der Waals surface area (Å²) >= 11 is 0. The van der Waals surface area contributed by atoms with E-state index in [9.17, 15) is 13.5 Å². The Morgan fingerprint density at radius 3 is 2.12 bits per heavy atom. The zero-order valence-electron chi connectivity index (χ0n) is 13.8. The fourth-order valence-corrected chi connectivity index (χ4v) is 3.65. The highest BCUT2D eigenvalue weighted by Gasteiger charge is 2.19. The van der Waals surface area contributed by atoms with E-state index in [0.717, 1.165) is 5.56 Å². The van der Waals surface area contributed by atoms with Gasteiger partial charge in [0.05, 0.1) is 10.6 Å². The second kappa shape index (κ2) is 7.09. The molecule has 0 saturated carbocycles. The van der Waals surface area contributed by atoms with Crippen molar-refractivity contribution in [1.82, 2.24) is 0 Å². The van der Waals surface area contributed by atoms with Crippen molar-refractivity contribution < 1.29 is 13.5 Å². The first kappa shape index (κ1) is 17.2. The van der Waals surface area contributed by atoms with E-state index in [1.54, 1.807) is 60.7 Å². The lowest BCUT2D eigenvalue weighted by atomic mass is 10.0. The van der Waals surface area contributed by atoms with E-state index < -0.39 is 16.1 Å². The van der Waals surface area contributed by atoms with Gasteiger partial charge in [-0.1, -0.05) is 66.2 Å². The molecule has 128 valence electrons. The summed E-state index contributed by atoms with van der Waals surface area (Å²) in [5.41, 5.74) is 2.55. The van der Waals surface area contributed by atoms with E-state index in [2.05, 4.69) is 4.72 Å². The predicted octanol–water partition coefficient (Wildman–Crippen LogP) is 3.88. The van der Waals surface area contributed by atoms with Crippen LogP contribution in [0.15, 0.2) is 83.8 Å². The topological polar surface area (TPSA) is 66.4 Å². The summed E-state index contributed by atoms with van der Waals surface area (Å²) < 4.78 is 27.8. The molecule has 4 nitrogen and oxygen atoms in total. The van der Waals surface area contributed by atoms with Crippen molar-refractivity contribution in [3.63, 3.8) is 0 Å². The number of rotatable bonds is 5. The second-order valence-electron chi connectivity index (χ2n) is 5.82. The van der Waals surface area contributed by atoms with Crippen molar-refractivity contribution in [2.75, 3.05) is 4.72 Å². The van der Waals surface area contributed by atoms with Crippen molar-refractivity contribution in [3.05, 3.63) is 95.6 Å². The summed E-state index contributed by atoms with van der Waals surface area (Å²) in [5.74, 6) is 0. The largest absolute Gasteiger partial charge is 0.384 e. The molecule has 0 radical (unpaired) electrons. The maximum Gasteiger partial charge on any atom is 0.261 e. The number of sulfonamides is 1. The normalized spacial score (nSPS) is 12.6. The van der Waals surface area contributed by atoms with Gasteiger partial charge in [-0.2, -0.15) is 0 Å². The Labute approximate surface area is 147 Å². The fraction of sp³-hybridized carbons (Fsp3) is 0.100. The summed E-state index contributed by atoms with van der Waals surface area (Å²) in [6, 6.07) is 22.6. The Balaban J connectivity index is 1.95. The highest BCUT2D eigenvalue weighted by molar-refractivity contribution is 7.92. The lowest BCUT2D eigenvalue weighted by Crippen LogP contribution is -2.15. The minimum absolute atomic E-state index is 0.183. The van der Waals surface area contributed by atoms with Crippen LogP contribution in [0.5, 0.6) is 0 Å². The molecule has 25 heavy (non-hydrogen) atoms. The molecule has 0 aliphatic heterocycles. The number of anilines is 1. The number of hydrogen-bond donors (Lipinski definition) is 2. The number of nitrogens with one attached hydrogen (secondary N) is 1. The summed E-state index contributed by atoms with van der Waals surface area (Å²) in [4.78, 5) is 0.183. The molecule has 3 aromatic rings. The average Bonchev–Trinajstić information content (AvgIpc) is 2.62. The monoisotopic (exact) mass is 353 g/mol. The number of aliphatic hydroxyl groups excluding tert-OH is 1. The molecule has 0 heterocycles. The third-order valence-electron chi connectivity index (χ3n) is 3.95. The zero-order valence-corrected chi connectivity index (χ0v) is 14.6. The van der Waals surface area contributed by atoms with Crippen LogP contribution in [0.2, 0.25) is 0 Å². The minimum Gasteiger partial charge on any atom is -0.384 e. The molecule has 0 aromatic heterocycles. The van der Waals surface area contributed by atoms with Crippen molar-refractivity contribution in [1.29, 1.82) is 0 Å².